The molecule has 0 fully saturated rings. The van der Waals surface area contributed by atoms with Gasteiger partial charge in [-0.25, -0.2) is 4.79 Å². The molecular formula is C21H21N3O4. The fourth-order valence-electron chi connectivity index (χ4n) is 2.91. The van der Waals surface area contributed by atoms with E-state index in [0.29, 0.717) is 12.2 Å². The summed E-state index contributed by atoms with van der Waals surface area (Å²) in [6, 6.07) is 13.0. The van der Waals surface area contributed by atoms with Crippen molar-refractivity contribution in [3.8, 4) is 5.75 Å². The summed E-state index contributed by atoms with van der Waals surface area (Å²) in [5, 5.41) is 15.7. The molecule has 7 nitrogen and oxygen atoms in total. The first-order valence-corrected chi connectivity index (χ1v) is 8.71. The van der Waals surface area contributed by atoms with Gasteiger partial charge in [-0.2, -0.15) is 5.10 Å². The molecule has 1 aromatic heterocycles. The van der Waals surface area contributed by atoms with Crippen molar-refractivity contribution in [1.29, 1.82) is 0 Å². The Morgan fingerprint density at radius 3 is 2.36 bits per heavy atom. The number of nitrogens with one attached hydrogen (secondary N) is 1. The fraction of sp³-hybridized carbons (Fsp3) is 0.190. The highest BCUT2D eigenvalue weighted by Crippen LogP contribution is 2.23. The molecule has 0 atom stereocenters. The van der Waals surface area contributed by atoms with Crippen molar-refractivity contribution >= 4 is 17.6 Å². The van der Waals surface area contributed by atoms with Gasteiger partial charge in [0.25, 0.3) is 5.91 Å². The van der Waals surface area contributed by atoms with E-state index >= 15 is 0 Å². The summed E-state index contributed by atoms with van der Waals surface area (Å²) in [5.74, 6) is -0.700. The Morgan fingerprint density at radius 2 is 1.75 bits per heavy atom. The van der Waals surface area contributed by atoms with Crippen molar-refractivity contribution in [2.24, 2.45) is 7.05 Å². The zero-order valence-corrected chi connectivity index (χ0v) is 15.9. The molecule has 1 heterocycles. The molecule has 0 radical (unpaired) electrons. The van der Waals surface area contributed by atoms with Gasteiger partial charge in [0.1, 0.15) is 12.4 Å². The number of carbonyl (C=O) groups is 2. The van der Waals surface area contributed by atoms with Crippen LogP contribution in [-0.2, 0) is 13.7 Å². The van der Waals surface area contributed by atoms with E-state index < -0.39 is 11.9 Å². The third kappa shape index (κ3) is 4.03. The van der Waals surface area contributed by atoms with E-state index in [9.17, 15) is 14.7 Å². The lowest BCUT2D eigenvalue weighted by molar-refractivity contribution is 0.0686. The molecule has 0 saturated carbocycles. The van der Waals surface area contributed by atoms with E-state index in [4.69, 9.17) is 4.74 Å². The Kier molecular flexibility index (Phi) is 5.44. The third-order valence-electron chi connectivity index (χ3n) is 4.40. The van der Waals surface area contributed by atoms with Crippen molar-refractivity contribution in [1.82, 2.24) is 9.78 Å². The molecule has 0 unspecified atom stereocenters. The highest BCUT2D eigenvalue weighted by Gasteiger charge is 2.18. The second-order valence-corrected chi connectivity index (χ2v) is 6.50. The number of amides is 1. The number of carbonyl (C=O) groups excluding carboxylic acids is 1. The molecule has 3 rings (SSSR count). The van der Waals surface area contributed by atoms with Crippen LogP contribution in [0.3, 0.4) is 0 Å². The Hall–Kier alpha value is -3.61. The monoisotopic (exact) mass is 379 g/mol. The molecule has 2 aromatic carbocycles. The molecule has 28 heavy (non-hydrogen) atoms. The van der Waals surface area contributed by atoms with E-state index in [1.807, 2.05) is 44.2 Å². The van der Waals surface area contributed by atoms with Crippen LogP contribution < -0.4 is 10.1 Å². The summed E-state index contributed by atoms with van der Waals surface area (Å²) in [7, 11) is 1.50. The number of carboxylic acids is 1. The second-order valence-electron chi connectivity index (χ2n) is 6.50. The SMILES string of the molecule is Cc1cccc(C)c1OCc1ccc(C(=O)Nc2cnn(C)c2C(=O)O)cc1. The van der Waals surface area contributed by atoms with Crippen LogP contribution >= 0.6 is 0 Å². The standard InChI is InChI=1S/C21H21N3O4/c1-13-5-4-6-14(2)19(13)28-12-15-7-9-16(10-8-15)20(25)23-17-11-22-24(3)18(17)21(26)27/h4-11H,12H2,1-3H3,(H,23,25)(H,26,27). The third-order valence-corrected chi connectivity index (χ3v) is 4.40. The number of aromatic nitrogens is 2. The van der Waals surface area contributed by atoms with E-state index in [1.165, 1.54) is 17.9 Å². The summed E-state index contributed by atoms with van der Waals surface area (Å²) in [5.41, 5.74) is 3.56. The number of rotatable bonds is 6. The summed E-state index contributed by atoms with van der Waals surface area (Å²) in [6.45, 7) is 4.39. The normalized spacial score (nSPS) is 10.5. The van der Waals surface area contributed by atoms with Crippen LogP contribution in [0.15, 0.2) is 48.7 Å². The van der Waals surface area contributed by atoms with E-state index in [2.05, 4.69) is 10.4 Å². The van der Waals surface area contributed by atoms with Crippen molar-refractivity contribution in [3.63, 3.8) is 0 Å². The number of hydrogen-bond donors (Lipinski definition) is 2. The van der Waals surface area contributed by atoms with Gasteiger partial charge in [-0.05, 0) is 42.7 Å². The van der Waals surface area contributed by atoms with Gasteiger partial charge in [0.15, 0.2) is 5.69 Å². The van der Waals surface area contributed by atoms with Crippen LogP contribution in [0.2, 0.25) is 0 Å². The lowest BCUT2D eigenvalue weighted by Gasteiger charge is -2.12. The lowest BCUT2D eigenvalue weighted by Crippen LogP contribution is -2.15. The average Bonchev–Trinajstić information content (AvgIpc) is 3.02. The topological polar surface area (TPSA) is 93.5 Å². The minimum absolute atomic E-state index is 0.0769. The van der Waals surface area contributed by atoms with Crippen LogP contribution in [0, 0.1) is 13.8 Å². The van der Waals surface area contributed by atoms with Gasteiger partial charge in [0.05, 0.1) is 11.9 Å². The first-order chi connectivity index (χ1) is 13.4. The maximum absolute atomic E-state index is 12.4. The van der Waals surface area contributed by atoms with Gasteiger partial charge in [0, 0.05) is 12.6 Å². The molecule has 3 aromatic rings. The Labute approximate surface area is 162 Å². The van der Waals surface area contributed by atoms with Gasteiger partial charge in [-0.15, -0.1) is 0 Å². The molecule has 0 aliphatic carbocycles. The number of para-hydroxylation sites is 1. The maximum atomic E-state index is 12.4. The highest BCUT2D eigenvalue weighted by molar-refractivity contribution is 6.07. The van der Waals surface area contributed by atoms with Gasteiger partial charge < -0.3 is 15.2 Å². The number of hydrogen-bond acceptors (Lipinski definition) is 4. The van der Waals surface area contributed by atoms with Crippen molar-refractivity contribution in [2.75, 3.05) is 5.32 Å². The number of aromatic carboxylic acids is 1. The van der Waals surface area contributed by atoms with Crippen LogP contribution in [-0.4, -0.2) is 26.8 Å². The molecule has 2 N–H and O–H groups in total. The number of nitrogens with zero attached hydrogens (tertiary/aromatic N) is 2. The fourth-order valence-corrected chi connectivity index (χ4v) is 2.91. The molecule has 0 aliphatic rings. The maximum Gasteiger partial charge on any atom is 0.356 e. The number of anilines is 1. The van der Waals surface area contributed by atoms with Gasteiger partial charge in [-0.1, -0.05) is 30.3 Å². The predicted molar refractivity (Wildman–Crippen MR) is 105 cm³/mol. The molecule has 144 valence electrons. The van der Waals surface area contributed by atoms with Crippen LogP contribution in [0.5, 0.6) is 5.75 Å². The molecule has 0 aliphatic heterocycles. The van der Waals surface area contributed by atoms with Gasteiger partial charge in [0.2, 0.25) is 0 Å². The van der Waals surface area contributed by atoms with Crippen LogP contribution in [0.25, 0.3) is 0 Å². The minimum atomic E-state index is -1.16. The predicted octanol–water partition coefficient (Wildman–Crippen LogP) is 3.57. The molecular weight excluding hydrogens is 358 g/mol. The second kappa shape index (κ2) is 7.96. The summed E-state index contributed by atoms with van der Waals surface area (Å²) in [4.78, 5) is 23.7. The van der Waals surface area contributed by atoms with Crippen molar-refractivity contribution < 1.29 is 19.4 Å². The van der Waals surface area contributed by atoms with Crippen molar-refractivity contribution in [2.45, 2.75) is 20.5 Å². The van der Waals surface area contributed by atoms with Gasteiger partial charge >= 0.3 is 5.97 Å². The zero-order valence-electron chi connectivity index (χ0n) is 15.9. The summed E-state index contributed by atoms with van der Waals surface area (Å²) in [6.07, 6.45) is 1.31. The smallest absolute Gasteiger partial charge is 0.356 e. The molecule has 0 spiro atoms. The Balaban J connectivity index is 1.67. The molecule has 0 saturated heterocycles. The lowest BCUT2D eigenvalue weighted by atomic mass is 10.1. The number of carboxylic acid groups (broad SMARTS) is 1. The van der Waals surface area contributed by atoms with Crippen LogP contribution in [0.4, 0.5) is 5.69 Å². The number of aryl methyl sites for hydroxylation is 3. The quantitative estimate of drug-likeness (QED) is 0.683. The minimum Gasteiger partial charge on any atom is -0.488 e. The summed E-state index contributed by atoms with van der Waals surface area (Å²) >= 11 is 0. The Morgan fingerprint density at radius 1 is 1.11 bits per heavy atom. The zero-order chi connectivity index (χ0) is 20.3. The van der Waals surface area contributed by atoms with E-state index in [-0.39, 0.29) is 11.4 Å². The Bertz CT molecular complexity index is 1000. The largest absolute Gasteiger partial charge is 0.488 e. The summed E-state index contributed by atoms with van der Waals surface area (Å²) < 4.78 is 7.12. The van der Waals surface area contributed by atoms with E-state index in [1.54, 1.807) is 12.1 Å². The van der Waals surface area contributed by atoms with Gasteiger partial charge in [-0.3, -0.25) is 9.48 Å². The number of benzene rings is 2. The molecule has 7 heteroatoms. The number of ether oxygens (including phenoxy) is 1. The average molecular weight is 379 g/mol. The van der Waals surface area contributed by atoms with Crippen LogP contribution in [0.1, 0.15) is 37.5 Å². The first kappa shape index (κ1) is 19.2. The molecule has 0 bridgehead atoms. The molecule has 1 amide bonds. The van der Waals surface area contributed by atoms with E-state index in [0.717, 1.165) is 22.4 Å². The highest BCUT2D eigenvalue weighted by atomic mass is 16.5. The van der Waals surface area contributed by atoms with Crippen molar-refractivity contribution in [3.05, 3.63) is 76.6 Å². The first-order valence-electron chi connectivity index (χ1n) is 8.71.